The van der Waals surface area contributed by atoms with Crippen molar-refractivity contribution >= 4 is 22.8 Å². The molecule has 0 radical (unpaired) electrons. The molecule has 0 unspecified atom stereocenters. The van der Waals surface area contributed by atoms with Crippen LogP contribution in [0.25, 0.3) is 16.8 Å². The van der Waals surface area contributed by atoms with E-state index in [9.17, 15) is 4.79 Å². The fourth-order valence-electron chi connectivity index (χ4n) is 2.79. The average molecular weight is 377 g/mol. The normalized spacial score (nSPS) is 10.8. The van der Waals surface area contributed by atoms with Gasteiger partial charge in [-0.05, 0) is 47.2 Å². The monoisotopic (exact) mass is 377 g/mol. The second-order valence-corrected chi connectivity index (χ2v) is 6.09. The molecule has 5 nitrogen and oxygen atoms in total. The highest BCUT2D eigenvalue weighted by Crippen LogP contribution is 2.25. The molecule has 144 valence electrons. The lowest BCUT2D eigenvalue weighted by atomic mass is 10.1. The van der Waals surface area contributed by atoms with Gasteiger partial charge in [0, 0.05) is 11.6 Å². The van der Waals surface area contributed by atoms with E-state index >= 15 is 0 Å². The van der Waals surface area contributed by atoms with E-state index in [1.165, 1.54) is 11.5 Å². The molecule has 0 aliphatic rings. The molecule has 0 aliphatic heterocycles. The van der Waals surface area contributed by atoms with Gasteiger partial charge in [0.05, 0.1) is 20.8 Å². The lowest BCUT2D eigenvalue weighted by Gasteiger charge is -2.08. The Morgan fingerprint density at radius 1 is 0.929 bits per heavy atom. The summed E-state index contributed by atoms with van der Waals surface area (Å²) < 4.78 is 16.2. The van der Waals surface area contributed by atoms with Gasteiger partial charge in [-0.15, -0.1) is 0 Å². The molecule has 0 bridgehead atoms. The molecule has 0 heterocycles. The van der Waals surface area contributed by atoms with E-state index < -0.39 is 0 Å². The molecular weight excluding hydrogens is 354 g/mol. The van der Waals surface area contributed by atoms with Crippen LogP contribution in [0.2, 0.25) is 0 Å². The number of carbonyl (C=O) groups is 1. The third-order valence-corrected chi connectivity index (χ3v) is 4.24. The molecule has 3 rings (SSSR count). The lowest BCUT2D eigenvalue weighted by molar-refractivity contribution is -0.116. The Kier molecular flexibility index (Phi) is 6.52. The summed E-state index contributed by atoms with van der Waals surface area (Å²) in [5.41, 5.74) is 0.768. The maximum Gasteiger partial charge on any atom is 0.244 e. The number of ether oxygens (including phenoxy) is 3. The van der Waals surface area contributed by atoms with Gasteiger partial charge < -0.3 is 19.5 Å². The number of hydrogen-bond acceptors (Lipinski definition) is 4. The quantitative estimate of drug-likeness (QED) is 0.475. The smallest absolute Gasteiger partial charge is 0.244 e. The second kappa shape index (κ2) is 9.46. The average Bonchev–Trinajstić information content (AvgIpc) is 2.74. The van der Waals surface area contributed by atoms with E-state index in [-0.39, 0.29) is 5.91 Å². The number of nitrogens with one attached hydrogen (secondary N) is 1. The Bertz CT molecular complexity index is 981. The first-order valence-electron chi connectivity index (χ1n) is 8.99. The van der Waals surface area contributed by atoms with Crippen LogP contribution in [0.1, 0.15) is 5.56 Å². The minimum atomic E-state index is -0.202. The standard InChI is InChI=1S/C23H23NO4/c1-26-20-10-11-22(27-2)19(16-20)8-12-23(25)24-13-14-28-21-9-7-17-5-3-4-6-18(17)15-21/h3-12,15-16H,13-14H2,1-2H3,(H,24,25)/b12-8+. The Morgan fingerprint density at radius 2 is 1.71 bits per heavy atom. The van der Waals surface area contributed by atoms with Crippen molar-refractivity contribution in [3.8, 4) is 17.2 Å². The minimum Gasteiger partial charge on any atom is -0.497 e. The van der Waals surface area contributed by atoms with Crippen LogP contribution in [0.15, 0.2) is 66.7 Å². The van der Waals surface area contributed by atoms with Gasteiger partial charge in [-0.2, -0.15) is 0 Å². The van der Waals surface area contributed by atoms with Crippen molar-refractivity contribution in [3.63, 3.8) is 0 Å². The van der Waals surface area contributed by atoms with Gasteiger partial charge in [-0.25, -0.2) is 0 Å². The second-order valence-electron chi connectivity index (χ2n) is 6.09. The zero-order chi connectivity index (χ0) is 19.8. The van der Waals surface area contributed by atoms with Gasteiger partial charge in [0.15, 0.2) is 0 Å². The number of benzene rings is 3. The van der Waals surface area contributed by atoms with E-state index in [2.05, 4.69) is 11.4 Å². The molecule has 0 fully saturated rings. The Morgan fingerprint density at radius 3 is 2.50 bits per heavy atom. The van der Waals surface area contributed by atoms with Gasteiger partial charge in [0.2, 0.25) is 5.91 Å². The van der Waals surface area contributed by atoms with Crippen molar-refractivity contribution in [2.24, 2.45) is 0 Å². The predicted molar refractivity (Wildman–Crippen MR) is 111 cm³/mol. The molecule has 0 saturated carbocycles. The van der Waals surface area contributed by atoms with E-state index in [0.717, 1.165) is 16.7 Å². The number of rotatable bonds is 8. The topological polar surface area (TPSA) is 56.8 Å². The van der Waals surface area contributed by atoms with Crippen molar-refractivity contribution in [2.45, 2.75) is 0 Å². The highest BCUT2D eigenvalue weighted by Gasteiger charge is 2.03. The van der Waals surface area contributed by atoms with Crippen molar-refractivity contribution in [1.29, 1.82) is 0 Å². The molecule has 0 saturated heterocycles. The summed E-state index contributed by atoms with van der Waals surface area (Å²) in [5, 5.41) is 5.10. The third-order valence-electron chi connectivity index (χ3n) is 4.24. The molecule has 3 aromatic carbocycles. The Hall–Kier alpha value is -3.47. The summed E-state index contributed by atoms with van der Waals surface area (Å²) in [6, 6.07) is 19.5. The van der Waals surface area contributed by atoms with Crippen LogP contribution in [0.5, 0.6) is 17.2 Å². The zero-order valence-corrected chi connectivity index (χ0v) is 16.0. The van der Waals surface area contributed by atoms with Gasteiger partial charge in [-0.1, -0.05) is 30.3 Å². The first-order chi connectivity index (χ1) is 13.7. The summed E-state index contributed by atoms with van der Waals surface area (Å²) in [6.07, 6.45) is 3.16. The minimum absolute atomic E-state index is 0.202. The van der Waals surface area contributed by atoms with Crippen molar-refractivity contribution in [3.05, 3.63) is 72.3 Å². The number of carbonyl (C=O) groups excluding carboxylic acids is 1. The fourth-order valence-corrected chi connectivity index (χ4v) is 2.79. The van der Waals surface area contributed by atoms with Gasteiger partial charge in [-0.3, -0.25) is 4.79 Å². The summed E-state index contributed by atoms with van der Waals surface area (Å²) >= 11 is 0. The van der Waals surface area contributed by atoms with Gasteiger partial charge >= 0.3 is 0 Å². The number of hydrogen-bond donors (Lipinski definition) is 1. The number of methoxy groups -OCH3 is 2. The maximum absolute atomic E-state index is 12.0. The van der Waals surface area contributed by atoms with Crippen molar-refractivity contribution in [1.82, 2.24) is 5.32 Å². The molecule has 0 spiro atoms. The maximum atomic E-state index is 12.0. The molecule has 28 heavy (non-hydrogen) atoms. The SMILES string of the molecule is COc1ccc(OC)c(/C=C/C(=O)NCCOc2ccc3ccccc3c2)c1. The first-order valence-corrected chi connectivity index (χ1v) is 8.99. The molecule has 3 aromatic rings. The summed E-state index contributed by atoms with van der Waals surface area (Å²) in [6.45, 7) is 0.797. The summed E-state index contributed by atoms with van der Waals surface area (Å²) in [4.78, 5) is 12.0. The third kappa shape index (κ3) is 5.04. The van der Waals surface area contributed by atoms with E-state index in [1.54, 1.807) is 32.4 Å². The molecule has 0 atom stereocenters. The van der Waals surface area contributed by atoms with Crippen LogP contribution in [0.4, 0.5) is 0 Å². The lowest BCUT2D eigenvalue weighted by Crippen LogP contribution is -2.26. The summed E-state index contributed by atoms with van der Waals surface area (Å²) in [5.74, 6) is 1.95. The van der Waals surface area contributed by atoms with Crippen molar-refractivity contribution < 1.29 is 19.0 Å². The summed E-state index contributed by atoms with van der Waals surface area (Å²) in [7, 11) is 3.18. The molecule has 1 N–H and O–H groups in total. The molecule has 1 amide bonds. The highest BCUT2D eigenvalue weighted by molar-refractivity contribution is 5.92. The van der Waals surface area contributed by atoms with E-state index in [4.69, 9.17) is 14.2 Å². The van der Waals surface area contributed by atoms with E-state index in [1.807, 2.05) is 42.5 Å². The van der Waals surface area contributed by atoms with Crippen LogP contribution in [0, 0.1) is 0 Å². The molecular formula is C23H23NO4. The highest BCUT2D eigenvalue weighted by atomic mass is 16.5. The Balaban J connectivity index is 1.49. The molecule has 0 aliphatic carbocycles. The zero-order valence-electron chi connectivity index (χ0n) is 16.0. The fraction of sp³-hybridized carbons (Fsp3) is 0.174. The molecule has 0 aromatic heterocycles. The van der Waals surface area contributed by atoms with Crippen molar-refractivity contribution in [2.75, 3.05) is 27.4 Å². The first kappa shape index (κ1) is 19.3. The van der Waals surface area contributed by atoms with Crippen LogP contribution in [-0.4, -0.2) is 33.3 Å². The van der Waals surface area contributed by atoms with E-state index in [0.29, 0.717) is 24.7 Å². The van der Waals surface area contributed by atoms with Gasteiger partial charge in [0.1, 0.15) is 23.9 Å². The van der Waals surface area contributed by atoms with Crippen LogP contribution < -0.4 is 19.5 Å². The predicted octanol–water partition coefficient (Wildman–Crippen LogP) is 4.07. The molecule has 5 heteroatoms. The number of amides is 1. The van der Waals surface area contributed by atoms with Crippen LogP contribution in [-0.2, 0) is 4.79 Å². The van der Waals surface area contributed by atoms with Crippen LogP contribution in [0.3, 0.4) is 0 Å². The largest absolute Gasteiger partial charge is 0.497 e. The van der Waals surface area contributed by atoms with Crippen LogP contribution >= 0.6 is 0 Å². The van der Waals surface area contributed by atoms with Gasteiger partial charge in [0.25, 0.3) is 0 Å². The number of fused-ring (bicyclic) bond motifs is 1. The Labute approximate surface area is 164 Å².